The van der Waals surface area contributed by atoms with E-state index in [1.54, 1.807) is 0 Å². The van der Waals surface area contributed by atoms with E-state index in [0.29, 0.717) is 24.8 Å². The first kappa shape index (κ1) is 27.6. The topological polar surface area (TPSA) is 61.3 Å². The lowest BCUT2D eigenvalue weighted by atomic mass is 9.88. The zero-order valence-corrected chi connectivity index (χ0v) is 22.6. The van der Waals surface area contributed by atoms with Crippen LogP contribution in [-0.4, -0.2) is 34.8 Å². The summed E-state index contributed by atoms with van der Waals surface area (Å²) in [6.45, 7) is 4.79. The molecule has 1 fully saturated rings. The van der Waals surface area contributed by atoms with E-state index in [4.69, 9.17) is 9.47 Å². The van der Waals surface area contributed by atoms with Gasteiger partial charge >= 0.3 is 5.97 Å². The van der Waals surface area contributed by atoms with Gasteiger partial charge in [0.15, 0.2) is 12.0 Å². The number of hydrogen-bond acceptors (Lipinski definition) is 5. The van der Waals surface area contributed by atoms with E-state index >= 15 is 0 Å². The highest BCUT2D eigenvalue weighted by molar-refractivity contribution is 9.10. The van der Waals surface area contributed by atoms with E-state index in [1.807, 2.05) is 37.5 Å². The van der Waals surface area contributed by atoms with Gasteiger partial charge in [-0.1, -0.05) is 39.5 Å². The third-order valence-electron chi connectivity index (χ3n) is 6.58. The molecule has 0 spiro atoms. The van der Waals surface area contributed by atoms with Gasteiger partial charge in [0, 0.05) is 18.0 Å². The summed E-state index contributed by atoms with van der Waals surface area (Å²) in [5.41, 5.74) is 2.11. The number of aryl methyl sites for hydroxylation is 1. The highest BCUT2D eigenvalue weighted by Gasteiger charge is 2.27. The summed E-state index contributed by atoms with van der Waals surface area (Å²) in [4.78, 5) is 21.0. The largest absolute Gasteiger partial charge is 0.492 e. The fourth-order valence-electron chi connectivity index (χ4n) is 4.33. The first-order valence-electron chi connectivity index (χ1n) is 13.1. The number of hydrogen-bond donors (Lipinski definition) is 0. The van der Waals surface area contributed by atoms with Crippen LogP contribution in [0, 0.1) is 5.92 Å². The summed E-state index contributed by atoms with van der Waals surface area (Å²) in [5.74, 6) is 1.18. The highest BCUT2D eigenvalue weighted by Crippen LogP contribution is 2.32. The average molecular weight is 550 g/mol. The maximum atomic E-state index is 13.9. The van der Waals surface area contributed by atoms with Gasteiger partial charge in [-0.3, -0.25) is 0 Å². The van der Waals surface area contributed by atoms with Crippen molar-refractivity contribution >= 4 is 21.9 Å². The Labute approximate surface area is 217 Å². The normalized spacial score (nSPS) is 18.7. The fourth-order valence-corrected chi connectivity index (χ4v) is 4.83. The Kier molecular flexibility index (Phi) is 11.4. The van der Waals surface area contributed by atoms with Crippen molar-refractivity contribution in [1.29, 1.82) is 0 Å². The number of carbonyl (C=O) groups is 1. The lowest BCUT2D eigenvalue weighted by Crippen LogP contribution is -2.30. The fraction of sp³-hybridized carbons (Fsp3) is 0.607. The summed E-state index contributed by atoms with van der Waals surface area (Å²) in [6, 6.07) is 5.92. The van der Waals surface area contributed by atoms with Gasteiger partial charge in [0.25, 0.3) is 0 Å². The van der Waals surface area contributed by atoms with E-state index in [1.165, 1.54) is 24.8 Å². The third kappa shape index (κ3) is 8.85. The van der Waals surface area contributed by atoms with Crippen molar-refractivity contribution < 1.29 is 18.7 Å². The van der Waals surface area contributed by atoms with Crippen LogP contribution >= 0.6 is 15.9 Å². The van der Waals surface area contributed by atoms with Gasteiger partial charge in [-0.2, -0.15) is 0 Å². The second-order valence-electron chi connectivity index (χ2n) is 9.52. The quantitative estimate of drug-likeness (QED) is 0.190. The number of aromatic nitrogens is 2. The second kappa shape index (κ2) is 14.5. The molecule has 0 saturated heterocycles. The van der Waals surface area contributed by atoms with Crippen LogP contribution in [0.25, 0.3) is 11.4 Å². The molecule has 3 rings (SSSR count). The number of halogens is 2. The molecule has 1 aromatic heterocycles. The van der Waals surface area contributed by atoms with Crippen LogP contribution in [0.15, 0.2) is 35.1 Å². The number of nitrogens with zero attached hydrogens (tertiary/aromatic N) is 2. The molecule has 192 valence electrons. The molecule has 0 bridgehead atoms. The van der Waals surface area contributed by atoms with Gasteiger partial charge in [-0.15, -0.1) is 0 Å². The molecule has 1 heterocycles. The first-order valence-corrected chi connectivity index (χ1v) is 13.9. The Morgan fingerprint density at radius 1 is 1.09 bits per heavy atom. The molecule has 1 aromatic carbocycles. The molecule has 0 unspecified atom stereocenters. The third-order valence-corrected chi connectivity index (χ3v) is 7.20. The molecule has 2 aromatic rings. The Balaban J connectivity index is 1.43. The van der Waals surface area contributed by atoms with E-state index < -0.39 is 12.1 Å². The monoisotopic (exact) mass is 548 g/mol. The minimum atomic E-state index is -1.49. The molecule has 5 nitrogen and oxygen atoms in total. The van der Waals surface area contributed by atoms with Crippen LogP contribution in [-0.2, 0) is 16.0 Å². The summed E-state index contributed by atoms with van der Waals surface area (Å²) in [5, 5.41) is 0. The van der Waals surface area contributed by atoms with Crippen molar-refractivity contribution in [3.63, 3.8) is 0 Å². The van der Waals surface area contributed by atoms with Gasteiger partial charge in [0.2, 0.25) is 0 Å². The molecule has 35 heavy (non-hydrogen) atoms. The summed E-state index contributed by atoms with van der Waals surface area (Å²) >= 11 is 3.62. The van der Waals surface area contributed by atoms with Crippen LogP contribution in [0.2, 0.25) is 0 Å². The van der Waals surface area contributed by atoms with Crippen LogP contribution in [0.4, 0.5) is 4.39 Å². The van der Waals surface area contributed by atoms with Gasteiger partial charge < -0.3 is 9.47 Å². The molecule has 0 amide bonds. The summed E-state index contributed by atoms with van der Waals surface area (Å²) in [7, 11) is 0. The van der Waals surface area contributed by atoms with Crippen molar-refractivity contribution in [3.05, 3.63) is 40.6 Å². The summed E-state index contributed by atoms with van der Waals surface area (Å²) < 4.78 is 26.2. The molecular weight excluding hydrogens is 511 g/mol. The van der Waals surface area contributed by atoms with E-state index in [-0.39, 0.29) is 12.5 Å². The molecule has 1 aliphatic carbocycles. The minimum absolute atomic E-state index is 0.178. The zero-order valence-electron chi connectivity index (χ0n) is 21.0. The predicted molar refractivity (Wildman–Crippen MR) is 140 cm³/mol. The Morgan fingerprint density at radius 2 is 1.80 bits per heavy atom. The molecule has 7 heteroatoms. The number of unbranched alkanes of at least 4 members (excludes halogenated alkanes) is 3. The summed E-state index contributed by atoms with van der Waals surface area (Å²) in [6.07, 6.45) is 11.9. The number of carbonyl (C=O) groups excluding carboxylic acids is 1. The van der Waals surface area contributed by atoms with Crippen molar-refractivity contribution in [1.82, 2.24) is 9.97 Å². The Bertz CT molecular complexity index is 917. The average Bonchev–Trinajstić information content (AvgIpc) is 2.88. The van der Waals surface area contributed by atoms with Crippen LogP contribution in [0.1, 0.15) is 83.6 Å². The highest BCUT2D eigenvalue weighted by atomic mass is 79.9. The molecular formula is C28H38BrFN2O3. The SMILES string of the molecule is CCCCCc1cnc(-c2ccc(OC[C@H]3CC[C@H](OC(=O)[C@@H](F)CCCC)CC3)c(Br)c2)nc1. The van der Waals surface area contributed by atoms with Crippen LogP contribution < -0.4 is 4.74 Å². The lowest BCUT2D eigenvalue weighted by Gasteiger charge is -2.28. The minimum Gasteiger partial charge on any atom is -0.492 e. The number of rotatable bonds is 13. The van der Waals surface area contributed by atoms with Gasteiger partial charge in [-0.05, 0) is 90.6 Å². The molecule has 0 radical (unpaired) electrons. The zero-order chi connectivity index (χ0) is 25.0. The second-order valence-corrected chi connectivity index (χ2v) is 10.4. The van der Waals surface area contributed by atoms with Crippen molar-refractivity contribution in [2.45, 2.75) is 96.8 Å². The van der Waals surface area contributed by atoms with Crippen molar-refractivity contribution in [2.75, 3.05) is 6.61 Å². The Morgan fingerprint density at radius 3 is 2.46 bits per heavy atom. The van der Waals surface area contributed by atoms with Crippen LogP contribution in [0.3, 0.4) is 0 Å². The molecule has 1 aliphatic rings. The standard InChI is InChI=1S/C28H38BrFN2O3/c1-3-5-7-8-21-17-31-27(32-18-21)22-12-15-26(24(29)16-22)34-19-20-10-13-23(14-11-20)35-28(33)25(30)9-6-4-2/h12,15-18,20,23,25H,3-11,13-14,19H2,1-2H3/t20-,23-,25-/m0/s1. The van der Waals surface area contributed by atoms with E-state index in [0.717, 1.165) is 54.3 Å². The smallest absolute Gasteiger partial charge is 0.340 e. The van der Waals surface area contributed by atoms with Crippen molar-refractivity contribution in [3.8, 4) is 17.1 Å². The molecule has 0 N–H and O–H groups in total. The Hall–Kier alpha value is -2.02. The van der Waals surface area contributed by atoms with Gasteiger partial charge in [0.05, 0.1) is 11.1 Å². The predicted octanol–water partition coefficient (Wildman–Crippen LogP) is 7.65. The van der Waals surface area contributed by atoms with Crippen LogP contribution in [0.5, 0.6) is 5.75 Å². The number of ether oxygens (including phenoxy) is 2. The maximum Gasteiger partial charge on any atom is 0.340 e. The molecule has 1 saturated carbocycles. The molecule has 1 atom stereocenters. The number of benzene rings is 1. The number of esters is 1. The first-order chi connectivity index (χ1) is 17.0. The lowest BCUT2D eigenvalue weighted by molar-refractivity contribution is -0.157. The van der Waals surface area contributed by atoms with Gasteiger partial charge in [0.1, 0.15) is 11.9 Å². The maximum absolute atomic E-state index is 13.9. The van der Waals surface area contributed by atoms with Crippen molar-refractivity contribution in [2.24, 2.45) is 5.92 Å². The molecule has 0 aliphatic heterocycles. The van der Waals surface area contributed by atoms with E-state index in [9.17, 15) is 9.18 Å². The van der Waals surface area contributed by atoms with Gasteiger partial charge in [-0.25, -0.2) is 19.2 Å². The number of alkyl halides is 1. The van der Waals surface area contributed by atoms with E-state index in [2.05, 4.69) is 32.8 Å².